The van der Waals surface area contributed by atoms with Gasteiger partial charge in [-0.3, -0.25) is 4.79 Å². The van der Waals surface area contributed by atoms with Crippen LogP contribution in [0.1, 0.15) is 60.3 Å². The van der Waals surface area contributed by atoms with E-state index in [0.717, 1.165) is 43.8 Å². The fourth-order valence-electron chi connectivity index (χ4n) is 6.50. The van der Waals surface area contributed by atoms with E-state index in [-0.39, 0.29) is 24.4 Å². The first-order chi connectivity index (χ1) is 18.5. The average molecular weight is 566 g/mol. The molecule has 208 valence electrons. The Labute approximate surface area is 246 Å². The molecular formula is C34H42Cl2N2O. The number of halogens is 2. The van der Waals surface area contributed by atoms with Crippen molar-refractivity contribution in [2.45, 2.75) is 63.8 Å². The van der Waals surface area contributed by atoms with Gasteiger partial charge >= 0.3 is 0 Å². The van der Waals surface area contributed by atoms with Gasteiger partial charge in [0.2, 0.25) is 5.91 Å². The Morgan fingerprint density at radius 1 is 0.872 bits per heavy atom. The summed E-state index contributed by atoms with van der Waals surface area (Å²) in [6.07, 6.45) is 7.29. The maximum atomic E-state index is 13.5. The molecule has 1 amide bonds. The Morgan fingerprint density at radius 2 is 1.62 bits per heavy atom. The molecule has 2 heterocycles. The largest absolute Gasteiger partial charge is 0.339 e. The van der Waals surface area contributed by atoms with Gasteiger partial charge in [-0.15, -0.1) is 12.4 Å². The molecule has 2 unspecified atom stereocenters. The molecule has 5 heteroatoms. The minimum atomic E-state index is 0. The van der Waals surface area contributed by atoms with Crippen LogP contribution in [0, 0.1) is 12.8 Å². The molecule has 2 atom stereocenters. The highest BCUT2D eigenvalue weighted by Crippen LogP contribution is 2.34. The fraction of sp³-hybridized carbons (Fsp3) is 0.441. The van der Waals surface area contributed by atoms with Gasteiger partial charge in [-0.25, -0.2) is 0 Å². The van der Waals surface area contributed by atoms with Gasteiger partial charge in [0.25, 0.3) is 0 Å². The van der Waals surface area contributed by atoms with Gasteiger partial charge in [-0.1, -0.05) is 83.9 Å². The first-order valence-electron chi connectivity index (χ1n) is 14.4. The zero-order valence-electron chi connectivity index (χ0n) is 23.1. The van der Waals surface area contributed by atoms with E-state index in [1.54, 1.807) is 0 Å². The molecule has 0 aromatic heterocycles. The second kappa shape index (κ2) is 14.3. The smallest absolute Gasteiger partial charge is 0.227 e. The molecule has 2 fully saturated rings. The molecule has 0 N–H and O–H groups in total. The summed E-state index contributed by atoms with van der Waals surface area (Å²) >= 11 is 6.20. The van der Waals surface area contributed by atoms with E-state index in [1.165, 1.54) is 49.0 Å². The lowest BCUT2D eigenvalue weighted by Crippen LogP contribution is -2.48. The molecule has 2 saturated heterocycles. The van der Waals surface area contributed by atoms with Gasteiger partial charge in [-0.05, 0) is 99.2 Å². The Bertz CT molecular complexity index is 1190. The summed E-state index contributed by atoms with van der Waals surface area (Å²) < 4.78 is 0. The third-order valence-corrected chi connectivity index (χ3v) is 8.88. The Balaban J connectivity index is 0.00000353. The van der Waals surface area contributed by atoms with Crippen molar-refractivity contribution in [3.8, 4) is 0 Å². The number of hydrogen-bond acceptors (Lipinski definition) is 2. The third kappa shape index (κ3) is 8.33. The molecular weight excluding hydrogens is 523 g/mol. The van der Waals surface area contributed by atoms with Gasteiger partial charge in [0.05, 0.1) is 6.42 Å². The molecule has 0 radical (unpaired) electrons. The SMILES string of the molecule is Cc1cccc(C2CCN(C(=O)Cc3cccc(Cl)c3)C(CCN3CCC(Cc4ccccc4)CC3)C2)c1.Cl. The highest BCUT2D eigenvalue weighted by atomic mass is 35.5. The van der Waals surface area contributed by atoms with Crippen molar-refractivity contribution < 1.29 is 4.79 Å². The maximum absolute atomic E-state index is 13.5. The van der Waals surface area contributed by atoms with Gasteiger partial charge in [-0.2, -0.15) is 0 Å². The van der Waals surface area contributed by atoms with Crippen molar-refractivity contribution in [1.82, 2.24) is 9.80 Å². The predicted molar refractivity (Wildman–Crippen MR) is 165 cm³/mol. The van der Waals surface area contributed by atoms with Gasteiger partial charge < -0.3 is 9.80 Å². The number of hydrogen-bond donors (Lipinski definition) is 0. The summed E-state index contributed by atoms with van der Waals surface area (Å²) in [7, 11) is 0. The van der Waals surface area contributed by atoms with Crippen LogP contribution in [-0.2, 0) is 17.6 Å². The van der Waals surface area contributed by atoms with E-state index < -0.39 is 0 Å². The predicted octanol–water partition coefficient (Wildman–Crippen LogP) is 7.73. The van der Waals surface area contributed by atoms with Crippen LogP contribution in [0.15, 0.2) is 78.9 Å². The second-order valence-electron chi connectivity index (χ2n) is 11.4. The van der Waals surface area contributed by atoms with Crippen LogP contribution in [0.5, 0.6) is 0 Å². The monoisotopic (exact) mass is 564 g/mol. The van der Waals surface area contributed by atoms with Crippen LogP contribution in [0.25, 0.3) is 0 Å². The lowest BCUT2D eigenvalue weighted by molar-refractivity contribution is -0.134. The van der Waals surface area contributed by atoms with Crippen LogP contribution in [0.2, 0.25) is 5.02 Å². The summed E-state index contributed by atoms with van der Waals surface area (Å²) in [4.78, 5) is 18.3. The van der Waals surface area contributed by atoms with Crippen molar-refractivity contribution in [2.24, 2.45) is 5.92 Å². The third-order valence-electron chi connectivity index (χ3n) is 8.65. The van der Waals surface area contributed by atoms with E-state index in [9.17, 15) is 4.79 Å². The second-order valence-corrected chi connectivity index (χ2v) is 11.9. The average Bonchev–Trinajstić information content (AvgIpc) is 2.93. The van der Waals surface area contributed by atoms with Crippen molar-refractivity contribution in [2.75, 3.05) is 26.2 Å². The molecule has 39 heavy (non-hydrogen) atoms. The summed E-state index contributed by atoms with van der Waals surface area (Å²) in [6.45, 7) is 6.42. The van der Waals surface area contributed by atoms with Crippen LogP contribution >= 0.6 is 24.0 Å². The number of carbonyl (C=O) groups is 1. The highest BCUT2D eigenvalue weighted by molar-refractivity contribution is 6.30. The van der Waals surface area contributed by atoms with Crippen LogP contribution < -0.4 is 0 Å². The van der Waals surface area contributed by atoms with E-state index in [2.05, 4.69) is 71.3 Å². The number of likely N-dealkylation sites (tertiary alicyclic amines) is 2. The summed E-state index contributed by atoms with van der Waals surface area (Å²) in [5.41, 5.74) is 5.21. The van der Waals surface area contributed by atoms with E-state index >= 15 is 0 Å². The molecule has 2 aliphatic rings. The standard InChI is InChI=1S/C34H41ClN2O.ClH/c1-26-7-5-11-30(21-26)31-15-20-37(34(38)24-29-10-6-12-32(35)23-29)33(25-31)16-19-36-17-13-28(14-18-36)22-27-8-3-2-4-9-27;/h2-12,21,23,28,31,33H,13-20,22,24-25H2,1H3;1H. The molecule has 3 aromatic rings. The van der Waals surface area contributed by atoms with Gasteiger partial charge in [0.1, 0.15) is 0 Å². The number of benzene rings is 3. The van der Waals surface area contributed by atoms with Crippen molar-refractivity contribution >= 4 is 29.9 Å². The molecule has 3 aromatic carbocycles. The quantitative estimate of drug-likeness (QED) is 0.279. The van der Waals surface area contributed by atoms with Crippen LogP contribution in [-0.4, -0.2) is 47.9 Å². The summed E-state index contributed by atoms with van der Waals surface area (Å²) in [5.74, 6) is 1.54. The lowest BCUT2D eigenvalue weighted by Gasteiger charge is -2.41. The highest BCUT2D eigenvalue weighted by Gasteiger charge is 2.33. The van der Waals surface area contributed by atoms with E-state index in [0.29, 0.717) is 17.4 Å². The molecule has 0 spiro atoms. The van der Waals surface area contributed by atoms with Crippen LogP contribution in [0.3, 0.4) is 0 Å². The number of aryl methyl sites for hydroxylation is 1. The molecule has 2 aliphatic heterocycles. The first kappa shape index (κ1) is 29.6. The zero-order chi connectivity index (χ0) is 26.3. The molecule has 3 nitrogen and oxygen atoms in total. The topological polar surface area (TPSA) is 23.6 Å². The lowest BCUT2D eigenvalue weighted by atomic mass is 9.83. The number of amides is 1. The minimum absolute atomic E-state index is 0. The van der Waals surface area contributed by atoms with E-state index in [4.69, 9.17) is 11.6 Å². The van der Waals surface area contributed by atoms with Gasteiger partial charge in [0.15, 0.2) is 0 Å². The zero-order valence-corrected chi connectivity index (χ0v) is 24.7. The number of piperidine rings is 2. The van der Waals surface area contributed by atoms with Crippen molar-refractivity contribution in [3.63, 3.8) is 0 Å². The number of nitrogens with zero attached hydrogens (tertiary/aromatic N) is 2. The van der Waals surface area contributed by atoms with Crippen molar-refractivity contribution in [1.29, 1.82) is 0 Å². The number of carbonyl (C=O) groups excluding carboxylic acids is 1. The van der Waals surface area contributed by atoms with Crippen LogP contribution in [0.4, 0.5) is 0 Å². The fourth-order valence-corrected chi connectivity index (χ4v) is 6.71. The Morgan fingerprint density at radius 3 is 2.36 bits per heavy atom. The summed E-state index contributed by atoms with van der Waals surface area (Å²) in [6, 6.07) is 27.9. The molecule has 5 rings (SSSR count). The minimum Gasteiger partial charge on any atom is -0.339 e. The Hall–Kier alpha value is -2.33. The number of rotatable bonds is 8. The Kier molecular flexibility index (Phi) is 10.9. The molecule has 0 bridgehead atoms. The summed E-state index contributed by atoms with van der Waals surface area (Å²) in [5, 5.41) is 0.695. The van der Waals surface area contributed by atoms with Gasteiger partial charge in [0, 0.05) is 24.2 Å². The molecule has 0 saturated carbocycles. The van der Waals surface area contributed by atoms with E-state index in [1.807, 2.05) is 24.3 Å². The first-order valence-corrected chi connectivity index (χ1v) is 14.8. The van der Waals surface area contributed by atoms with Crippen molar-refractivity contribution in [3.05, 3.63) is 106 Å². The molecule has 0 aliphatic carbocycles. The normalized spacial score (nSPS) is 20.4. The maximum Gasteiger partial charge on any atom is 0.227 e.